The van der Waals surface area contributed by atoms with Gasteiger partial charge in [0.15, 0.2) is 5.69 Å². The van der Waals surface area contributed by atoms with E-state index in [4.69, 9.17) is 0 Å². The summed E-state index contributed by atoms with van der Waals surface area (Å²) >= 11 is 0. The van der Waals surface area contributed by atoms with E-state index in [2.05, 4.69) is 57.4 Å². The second kappa shape index (κ2) is 6.79. The van der Waals surface area contributed by atoms with Gasteiger partial charge in [0.25, 0.3) is 5.91 Å². The van der Waals surface area contributed by atoms with E-state index in [-0.39, 0.29) is 18.0 Å². The standard InChI is InChI=1S/C22H28N4O/c1-25-13-6-5-12-18-20(25)14-19(15-8-3-2-4-9-15)26(18)22(27)21-16-10-7-11-17(16)23-24-21/h2-4,8-9,18-20H,5-7,10-14H2,1H3,(H,23,24)/t18-,19-,20+/m0/s1. The van der Waals surface area contributed by atoms with E-state index >= 15 is 0 Å². The van der Waals surface area contributed by atoms with Crippen LogP contribution in [0.4, 0.5) is 0 Å². The van der Waals surface area contributed by atoms with Gasteiger partial charge in [-0.05, 0) is 57.7 Å². The lowest BCUT2D eigenvalue weighted by atomic mass is 10.0. The molecule has 2 aliphatic heterocycles. The highest BCUT2D eigenvalue weighted by molar-refractivity contribution is 5.95. The van der Waals surface area contributed by atoms with E-state index in [0.717, 1.165) is 44.2 Å². The van der Waals surface area contributed by atoms with Gasteiger partial charge in [-0.25, -0.2) is 0 Å². The van der Waals surface area contributed by atoms with Crippen molar-refractivity contribution in [3.05, 3.63) is 52.8 Å². The number of likely N-dealkylation sites (tertiary alicyclic amines) is 2. The van der Waals surface area contributed by atoms with Gasteiger partial charge in [-0.3, -0.25) is 9.89 Å². The number of rotatable bonds is 2. The maximum Gasteiger partial charge on any atom is 0.275 e. The molecule has 1 aliphatic carbocycles. The molecule has 1 amide bonds. The zero-order valence-electron chi connectivity index (χ0n) is 16.0. The van der Waals surface area contributed by atoms with Gasteiger partial charge < -0.3 is 9.80 Å². The molecular formula is C22H28N4O. The molecule has 1 N–H and O–H groups in total. The summed E-state index contributed by atoms with van der Waals surface area (Å²) in [5.74, 6) is 0.131. The number of nitrogens with one attached hydrogen (secondary N) is 1. The molecule has 142 valence electrons. The van der Waals surface area contributed by atoms with Crippen molar-refractivity contribution in [3.63, 3.8) is 0 Å². The molecule has 3 atom stereocenters. The lowest BCUT2D eigenvalue weighted by Gasteiger charge is -2.32. The van der Waals surface area contributed by atoms with Gasteiger partial charge in [0.1, 0.15) is 0 Å². The number of amides is 1. The number of benzene rings is 1. The first-order valence-corrected chi connectivity index (χ1v) is 10.4. The number of carbonyl (C=O) groups is 1. The fourth-order valence-corrected chi connectivity index (χ4v) is 5.48. The van der Waals surface area contributed by atoms with Crippen LogP contribution in [-0.4, -0.2) is 51.6 Å². The number of H-pyrrole nitrogens is 1. The number of hydrogen-bond donors (Lipinski definition) is 1. The SMILES string of the molecule is CN1CCCC[C@H]2[C@H]1C[C@@H](c1ccccc1)N2C(=O)c1n[nH]c2c1CCC2. The van der Waals surface area contributed by atoms with Crippen LogP contribution in [0.5, 0.6) is 0 Å². The summed E-state index contributed by atoms with van der Waals surface area (Å²) in [6.07, 6.45) is 7.65. The van der Waals surface area contributed by atoms with Crippen molar-refractivity contribution < 1.29 is 4.79 Å². The Morgan fingerprint density at radius 3 is 2.81 bits per heavy atom. The molecule has 2 saturated heterocycles. The minimum atomic E-state index is 0.131. The lowest BCUT2D eigenvalue weighted by Crippen LogP contribution is -2.45. The minimum absolute atomic E-state index is 0.131. The highest BCUT2D eigenvalue weighted by Crippen LogP contribution is 2.42. The van der Waals surface area contributed by atoms with Crippen LogP contribution < -0.4 is 0 Å². The molecule has 0 spiro atoms. The number of aromatic nitrogens is 2. The van der Waals surface area contributed by atoms with E-state index in [1.165, 1.54) is 24.1 Å². The van der Waals surface area contributed by atoms with Crippen molar-refractivity contribution in [2.24, 2.45) is 0 Å². The van der Waals surface area contributed by atoms with Crippen LogP contribution >= 0.6 is 0 Å². The van der Waals surface area contributed by atoms with E-state index < -0.39 is 0 Å². The van der Waals surface area contributed by atoms with Crippen LogP contribution in [0.25, 0.3) is 0 Å². The van der Waals surface area contributed by atoms with Gasteiger partial charge >= 0.3 is 0 Å². The van der Waals surface area contributed by atoms with Crippen molar-refractivity contribution in [1.29, 1.82) is 0 Å². The third-order valence-corrected chi connectivity index (χ3v) is 6.86. The molecule has 0 bridgehead atoms. The normalized spacial score (nSPS) is 28.0. The number of carbonyl (C=O) groups excluding carboxylic acids is 1. The van der Waals surface area contributed by atoms with Gasteiger partial charge in [0.05, 0.1) is 6.04 Å². The zero-order valence-corrected chi connectivity index (χ0v) is 16.0. The Bertz CT molecular complexity index is 830. The molecule has 27 heavy (non-hydrogen) atoms. The molecule has 1 aromatic heterocycles. The maximum absolute atomic E-state index is 13.8. The Labute approximate surface area is 160 Å². The first-order chi connectivity index (χ1) is 13.2. The quantitative estimate of drug-likeness (QED) is 0.889. The number of fused-ring (bicyclic) bond motifs is 2. The van der Waals surface area contributed by atoms with Gasteiger partial charge in [-0.15, -0.1) is 0 Å². The van der Waals surface area contributed by atoms with E-state index in [1.807, 2.05) is 0 Å². The second-order valence-electron chi connectivity index (χ2n) is 8.37. The Morgan fingerprint density at radius 1 is 1.11 bits per heavy atom. The summed E-state index contributed by atoms with van der Waals surface area (Å²) in [6.45, 7) is 1.13. The number of likely N-dealkylation sites (N-methyl/N-ethyl adjacent to an activating group) is 1. The molecule has 0 radical (unpaired) electrons. The fourth-order valence-electron chi connectivity index (χ4n) is 5.48. The van der Waals surface area contributed by atoms with Crippen LogP contribution in [0, 0.1) is 0 Å². The Hall–Kier alpha value is -2.14. The predicted molar refractivity (Wildman–Crippen MR) is 105 cm³/mol. The lowest BCUT2D eigenvalue weighted by molar-refractivity contribution is 0.0625. The Kier molecular flexibility index (Phi) is 4.27. The second-order valence-corrected chi connectivity index (χ2v) is 8.37. The molecule has 0 saturated carbocycles. The van der Waals surface area contributed by atoms with Crippen LogP contribution in [-0.2, 0) is 12.8 Å². The zero-order chi connectivity index (χ0) is 18.4. The third-order valence-electron chi connectivity index (χ3n) is 6.86. The summed E-state index contributed by atoms with van der Waals surface area (Å²) in [4.78, 5) is 18.4. The van der Waals surface area contributed by atoms with Gasteiger partial charge in [0.2, 0.25) is 0 Å². The number of nitrogens with zero attached hydrogens (tertiary/aromatic N) is 3. The molecule has 5 rings (SSSR count). The highest BCUT2D eigenvalue weighted by atomic mass is 16.2. The van der Waals surface area contributed by atoms with Crippen LogP contribution in [0.1, 0.15) is 65.5 Å². The minimum Gasteiger partial charge on any atom is -0.326 e. The number of aryl methyl sites for hydroxylation is 1. The monoisotopic (exact) mass is 364 g/mol. The highest BCUT2D eigenvalue weighted by Gasteiger charge is 2.47. The summed E-state index contributed by atoms with van der Waals surface area (Å²) in [5, 5.41) is 7.59. The molecule has 5 heteroatoms. The topological polar surface area (TPSA) is 52.2 Å². The summed E-state index contributed by atoms with van der Waals surface area (Å²) < 4.78 is 0. The molecule has 5 nitrogen and oxygen atoms in total. The van der Waals surface area contributed by atoms with Gasteiger partial charge in [-0.2, -0.15) is 5.10 Å². The van der Waals surface area contributed by atoms with Gasteiger partial charge in [0, 0.05) is 23.3 Å². The van der Waals surface area contributed by atoms with Crippen LogP contribution in [0.15, 0.2) is 30.3 Å². The van der Waals surface area contributed by atoms with Crippen molar-refractivity contribution in [2.75, 3.05) is 13.6 Å². The molecule has 3 aliphatic rings. The molecule has 2 aromatic rings. The largest absolute Gasteiger partial charge is 0.326 e. The third kappa shape index (κ3) is 2.80. The van der Waals surface area contributed by atoms with Crippen molar-refractivity contribution in [3.8, 4) is 0 Å². The maximum atomic E-state index is 13.8. The van der Waals surface area contributed by atoms with Gasteiger partial charge in [-0.1, -0.05) is 36.8 Å². The van der Waals surface area contributed by atoms with E-state index in [0.29, 0.717) is 11.7 Å². The summed E-state index contributed by atoms with van der Waals surface area (Å²) in [5.41, 5.74) is 4.26. The van der Waals surface area contributed by atoms with E-state index in [1.54, 1.807) is 0 Å². The molecule has 0 unspecified atom stereocenters. The Balaban J connectivity index is 1.55. The van der Waals surface area contributed by atoms with Crippen LogP contribution in [0.3, 0.4) is 0 Å². The summed E-state index contributed by atoms with van der Waals surface area (Å²) in [7, 11) is 2.23. The molecule has 2 fully saturated rings. The van der Waals surface area contributed by atoms with Crippen molar-refractivity contribution in [1.82, 2.24) is 20.0 Å². The first-order valence-electron chi connectivity index (χ1n) is 10.4. The molecule has 1 aromatic carbocycles. The van der Waals surface area contributed by atoms with E-state index in [9.17, 15) is 4.79 Å². The number of aromatic amines is 1. The van der Waals surface area contributed by atoms with Crippen LogP contribution in [0.2, 0.25) is 0 Å². The summed E-state index contributed by atoms with van der Waals surface area (Å²) in [6, 6.07) is 11.4. The van der Waals surface area contributed by atoms with Crippen molar-refractivity contribution >= 4 is 5.91 Å². The Morgan fingerprint density at radius 2 is 1.96 bits per heavy atom. The molecule has 3 heterocycles. The molecular weight excluding hydrogens is 336 g/mol. The average Bonchev–Trinajstić information content (AvgIpc) is 3.37. The smallest absolute Gasteiger partial charge is 0.275 e. The van der Waals surface area contributed by atoms with Crippen molar-refractivity contribution in [2.45, 2.75) is 63.1 Å². The fraction of sp³-hybridized carbons (Fsp3) is 0.545. The number of hydrogen-bond acceptors (Lipinski definition) is 3. The average molecular weight is 364 g/mol. The predicted octanol–water partition coefficient (Wildman–Crippen LogP) is 3.34. The first kappa shape index (κ1) is 17.0.